The molecule has 0 aliphatic heterocycles. The van der Waals surface area contributed by atoms with Crippen LogP contribution in [0, 0.1) is 0 Å². The lowest BCUT2D eigenvalue weighted by molar-refractivity contribution is -0.125. The number of methoxy groups -OCH3 is 1. The van der Waals surface area contributed by atoms with Crippen molar-refractivity contribution in [2.24, 2.45) is 0 Å². The SMILES string of the molecule is CCN(CC)C(=O)/C=C/c1cc2cccc(OC)c2o1. The normalized spacial score (nSPS) is 11.2. The van der Waals surface area contributed by atoms with Crippen LogP contribution >= 0.6 is 0 Å². The maximum Gasteiger partial charge on any atom is 0.246 e. The van der Waals surface area contributed by atoms with Gasteiger partial charge in [0.15, 0.2) is 11.3 Å². The number of furan rings is 1. The zero-order valence-corrected chi connectivity index (χ0v) is 12.1. The number of amides is 1. The topological polar surface area (TPSA) is 42.7 Å². The quantitative estimate of drug-likeness (QED) is 0.785. The fourth-order valence-corrected chi connectivity index (χ4v) is 2.09. The van der Waals surface area contributed by atoms with Gasteiger partial charge in [0.2, 0.25) is 5.91 Å². The maximum atomic E-state index is 11.9. The molecule has 0 saturated carbocycles. The van der Waals surface area contributed by atoms with Crippen molar-refractivity contribution in [3.05, 3.63) is 36.1 Å². The summed E-state index contributed by atoms with van der Waals surface area (Å²) in [4.78, 5) is 13.6. The highest BCUT2D eigenvalue weighted by molar-refractivity contribution is 5.92. The van der Waals surface area contributed by atoms with Crippen molar-refractivity contribution in [1.29, 1.82) is 0 Å². The van der Waals surface area contributed by atoms with Gasteiger partial charge in [0.05, 0.1) is 7.11 Å². The lowest BCUT2D eigenvalue weighted by Gasteiger charge is -2.15. The number of rotatable bonds is 5. The zero-order chi connectivity index (χ0) is 14.5. The monoisotopic (exact) mass is 273 g/mol. The number of para-hydroxylation sites is 1. The summed E-state index contributed by atoms with van der Waals surface area (Å²) in [5.74, 6) is 1.32. The summed E-state index contributed by atoms with van der Waals surface area (Å²) < 4.78 is 11.0. The fourth-order valence-electron chi connectivity index (χ4n) is 2.09. The molecule has 1 aromatic heterocycles. The number of carbonyl (C=O) groups excluding carboxylic acids is 1. The Morgan fingerprint density at radius 1 is 1.35 bits per heavy atom. The average molecular weight is 273 g/mol. The third-order valence-corrected chi connectivity index (χ3v) is 3.21. The minimum atomic E-state index is -0.0116. The molecular formula is C16H19NO3. The van der Waals surface area contributed by atoms with E-state index in [2.05, 4.69) is 0 Å². The van der Waals surface area contributed by atoms with Gasteiger partial charge in [-0.15, -0.1) is 0 Å². The molecule has 0 unspecified atom stereocenters. The first-order chi connectivity index (χ1) is 9.69. The highest BCUT2D eigenvalue weighted by atomic mass is 16.5. The van der Waals surface area contributed by atoms with Gasteiger partial charge in [0.1, 0.15) is 5.76 Å². The van der Waals surface area contributed by atoms with E-state index in [1.807, 2.05) is 38.1 Å². The highest BCUT2D eigenvalue weighted by Gasteiger charge is 2.08. The van der Waals surface area contributed by atoms with Gasteiger partial charge in [0, 0.05) is 24.6 Å². The molecule has 0 N–H and O–H groups in total. The summed E-state index contributed by atoms with van der Waals surface area (Å²) in [5, 5.41) is 0.958. The van der Waals surface area contributed by atoms with Gasteiger partial charge in [-0.05, 0) is 32.1 Å². The molecule has 1 amide bonds. The number of nitrogens with zero attached hydrogens (tertiary/aromatic N) is 1. The Morgan fingerprint density at radius 2 is 2.10 bits per heavy atom. The first kappa shape index (κ1) is 14.2. The zero-order valence-electron chi connectivity index (χ0n) is 12.1. The van der Waals surface area contributed by atoms with E-state index in [4.69, 9.17) is 9.15 Å². The maximum absolute atomic E-state index is 11.9. The van der Waals surface area contributed by atoms with Crippen LogP contribution in [0.2, 0.25) is 0 Å². The number of benzene rings is 1. The summed E-state index contributed by atoms with van der Waals surface area (Å²) in [6, 6.07) is 7.60. The molecule has 0 saturated heterocycles. The van der Waals surface area contributed by atoms with Crippen LogP contribution in [0.1, 0.15) is 19.6 Å². The van der Waals surface area contributed by atoms with Crippen LogP contribution in [-0.2, 0) is 4.79 Å². The number of likely N-dealkylation sites (N-methyl/N-ethyl adjacent to an activating group) is 1. The van der Waals surface area contributed by atoms with Crippen molar-refractivity contribution in [3.8, 4) is 5.75 Å². The first-order valence-electron chi connectivity index (χ1n) is 6.73. The van der Waals surface area contributed by atoms with E-state index in [-0.39, 0.29) is 5.91 Å². The second-order valence-corrected chi connectivity index (χ2v) is 4.37. The molecule has 4 heteroatoms. The van der Waals surface area contributed by atoms with E-state index < -0.39 is 0 Å². The van der Waals surface area contributed by atoms with Crippen LogP contribution < -0.4 is 4.74 Å². The summed E-state index contributed by atoms with van der Waals surface area (Å²) in [5.41, 5.74) is 0.699. The molecule has 0 spiro atoms. The molecule has 0 bridgehead atoms. The molecule has 0 atom stereocenters. The van der Waals surface area contributed by atoms with Gasteiger partial charge in [-0.3, -0.25) is 4.79 Å². The van der Waals surface area contributed by atoms with E-state index in [1.54, 1.807) is 18.1 Å². The Labute approximate surface area is 118 Å². The molecule has 4 nitrogen and oxygen atoms in total. The third kappa shape index (κ3) is 2.85. The molecule has 2 rings (SSSR count). The Kier molecular flexibility index (Phi) is 4.45. The molecule has 0 aliphatic carbocycles. The van der Waals surface area contributed by atoms with E-state index >= 15 is 0 Å². The van der Waals surface area contributed by atoms with Crippen LogP contribution in [0.5, 0.6) is 5.75 Å². The lowest BCUT2D eigenvalue weighted by atomic mass is 10.2. The second-order valence-electron chi connectivity index (χ2n) is 4.37. The Bertz CT molecular complexity index is 624. The van der Waals surface area contributed by atoms with Gasteiger partial charge < -0.3 is 14.1 Å². The Morgan fingerprint density at radius 3 is 2.75 bits per heavy atom. The average Bonchev–Trinajstić information content (AvgIpc) is 2.89. The molecule has 20 heavy (non-hydrogen) atoms. The van der Waals surface area contributed by atoms with Crippen molar-refractivity contribution in [3.63, 3.8) is 0 Å². The summed E-state index contributed by atoms with van der Waals surface area (Å²) in [6.45, 7) is 5.32. The van der Waals surface area contributed by atoms with Crippen LogP contribution in [0.25, 0.3) is 17.0 Å². The first-order valence-corrected chi connectivity index (χ1v) is 6.73. The largest absolute Gasteiger partial charge is 0.493 e. The van der Waals surface area contributed by atoms with Gasteiger partial charge in [-0.25, -0.2) is 0 Å². The van der Waals surface area contributed by atoms with Gasteiger partial charge >= 0.3 is 0 Å². The molecule has 0 aliphatic rings. The van der Waals surface area contributed by atoms with Crippen molar-refractivity contribution in [2.45, 2.75) is 13.8 Å². The molecule has 2 aromatic rings. The molecule has 0 radical (unpaired) electrons. The molecule has 1 heterocycles. The lowest BCUT2D eigenvalue weighted by Crippen LogP contribution is -2.28. The smallest absolute Gasteiger partial charge is 0.246 e. The summed E-state index contributed by atoms with van der Waals surface area (Å²) in [6.07, 6.45) is 3.23. The minimum absolute atomic E-state index is 0.0116. The number of fused-ring (bicyclic) bond motifs is 1. The van der Waals surface area contributed by atoms with Crippen molar-refractivity contribution < 1.29 is 13.9 Å². The van der Waals surface area contributed by atoms with E-state index in [1.165, 1.54) is 6.08 Å². The van der Waals surface area contributed by atoms with Crippen molar-refractivity contribution >= 4 is 23.0 Å². The van der Waals surface area contributed by atoms with Crippen molar-refractivity contribution in [1.82, 2.24) is 4.90 Å². The number of carbonyl (C=O) groups is 1. The minimum Gasteiger partial charge on any atom is -0.493 e. The standard InChI is InChI=1S/C16H19NO3/c1-4-17(5-2)15(18)10-9-13-11-12-7-6-8-14(19-3)16(12)20-13/h6-11H,4-5H2,1-3H3/b10-9+. The van der Waals surface area contributed by atoms with E-state index in [0.29, 0.717) is 30.2 Å². The van der Waals surface area contributed by atoms with Gasteiger partial charge in [-0.1, -0.05) is 12.1 Å². The van der Waals surface area contributed by atoms with Crippen LogP contribution in [-0.4, -0.2) is 31.0 Å². The third-order valence-electron chi connectivity index (χ3n) is 3.21. The molecule has 1 aromatic carbocycles. The van der Waals surface area contributed by atoms with Crippen LogP contribution in [0.3, 0.4) is 0 Å². The Hall–Kier alpha value is -2.23. The fraction of sp³-hybridized carbons (Fsp3) is 0.312. The second kappa shape index (κ2) is 6.28. The van der Waals surface area contributed by atoms with Crippen molar-refractivity contribution in [2.75, 3.05) is 20.2 Å². The highest BCUT2D eigenvalue weighted by Crippen LogP contribution is 2.28. The summed E-state index contributed by atoms with van der Waals surface area (Å²) in [7, 11) is 1.61. The predicted octanol–water partition coefficient (Wildman–Crippen LogP) is 3.32. The predicted molar refractivity (Wildman–Crippen MR) is 79.7 cm³/mol. The molecule has 0 fully saturated rings. The van der Waals surface area contributed by atoms with Gasteiger partial charge in [0.25, 0.3) is 0 Å². The van der Waals surface area contributed by atoms with Crippen LogP contribution in [0.15, 0.2) is 34.8 Å². The van der Waals surface area contributed by atoms with Crippen LogP contribution in [0.4, 0.5) is 0 Å². The molecule has 106 valence electrons. The summed E-state index contributed by atoms with van der Waals surface area (Å²) >= 11 is 0. The number of ether oxygens (including phenoxy) is 1. The Balaban J connectivity index is 2.24. The van der Waals surface area contributed by atoms with E-state index in [0.717, 1.165) is 5.39 Å². The van der Waals surface area contributed by atoms with Gasteiger partial charge in [-0.2, -0.15) is 0 Å². The number of hydrogen-bond donors (Lipinski definition) is 0. The van der Waals surface area contributed by atoms with E-state index in [9.17, 15) is 4.79 Å². The number of hydrogen-bond acceptors (Lipinski definition) is 3. The molecular weight excluding hydrogens is 254 g/mol.